The molecule has 3 atom stereocenters. The van der Waals surface area contributed by atoms with Crippen LogP contribution in [0.25, 0.3) is 0 Å². The first-order chi connectivity index (χ1) is 9.38. The van der Waals surface area contributed by atoms with E-state index < -0.39 is 0 Å². The second-order valence-electron chi connectivity index (χ2n) is 7.06. The van der Waals surface area contributed by atoms with Gasteiger partial charge in [-0.1, -0.05) is 26.3 Å². The van der Waals surface area contributed by atoms with Crippen molar-refractivity contribution in [1.82, 2.24) is 0 Å². The molecular formula is C17H24N2O. The molecule has 3 rings (SSSR count). The molecule has 1 amide bonds. The molecule has 0 aliphatic heterocycles. The van der Waals surface area contributed by atoms with Crippen LogP contribution in [0.2, 0.25) is 0 Å². The van der Waals surface area contributed by atoms with E-state index in [1.165, 1.54) is 11.1 Å². The zero-order chi connectivity index (χ0) is 14.5. The van der Waals surface area contributed by atoms with E-state index in [0.717, 1.165) is 37.8 Å². The summed E-state index contributed by atoms with van der Waals surface area (Å²) < 4.78 is 0. The van der Waals surface area contributed by atoms with Crippen LogP contribution >= 0.6 is 0 Å². The standard InChI is InChI=1S/C17H24N2O/c1-16-8-3-9-17(2,15(19)20)14(16)7-4-11-10-12(18)5-6-13(11)16/h5-6,10,14H,3-4,7-9,18H2,1-2H3,(H2,19,20). The number of hydrogen-bond acceptors (Lipinski definition) is 2. The van der Waals surface area contributed by atoms with Gasteiger partial charge in [-0.2, -0.15) is 0 Å². The van der Waals surface area contributed by atoms with Gasteiger partial charge >= 0.3 is 0 Å². The monoisotopic (exact) mass is 272 g/mol. The predicted octanol–water partition coefficient (Wildman–Crippen LogP) is 2.76. The first-order valence-electron chi connectivity index (χ1n) is 7.57. The smallest absolute Gasteiger partial charge is 0.223 e. The summed E-state index contributed by atoms with van der Waals surface area (Å²) in [7, 11) is 0. The minimum absolute atomic E-state index is 0.0588. The van der Waals surface area contributed by atoms with Crippen molar-refractivity contribution in [1.29, 1.82) is 0 Å². The maximum Gasteiger partial charge on any atom is 0.223 e. The molecule has 0 radical (unpaired) electrons. The zero-order valence-corrected chi connectivity index (χ0v) is 12.4. The predicted molar refractivity (Wildman–Crippen MR) is 81.2 cm³/mol. The minimum Gasteiger partial charge on any atom is -0.399 e. The number of carbonyl (C=O) groups is 1. The molecule has 0 spiro atoms. The van der Waals surface area contributed by atoms with Crippen molar-refractivity contribution in [3.8, 4) is 0 Å². The lowest BCUT2D eigenvalue weighted by Gasteiger charge is -2.54. The number of hydrogen-bond donors (Lipinski definition) is 2. The summed E-state index contributed by atoms with van der Waals surface area (Å²) >= 11 is 0. The number of primary amides is 1. The maximum absolute atomic E-state index is 12.0. The highest BCUT2D eigenvalue weighted by molar-refractivity contribution is 5.81. The van der Waals surface area contributed by atoms with Crippen LogP contribution in [0.5, 0.6) is 0 Å². The number of nitrogens with two attached hydrogens (primary N) is 2. The first-order valence-corrected chi connectivity index (χ1v) is 7.57. The Bertz CT molecular complexity index is 568. The maximum atomic E-state index is 12.0. The summed E-state index contributed by atoms with van der Waals surface area (Å²) in [4.78, 5) is 12.0. The Morgan fingerprint density at radius 2 is 2.05 bits per heavy atom. The lowest BCUT2D eigenvalue weighted by molar-refractivity contribution is -0.135. The molecule has 2 aliphatic rings. The molecule has 3 heteroatoms. The molecule has 3 unspecified atom stereocenters. The molecule has 1 saturated carbocycles. The van der Waals surface area contributed by atoms with Gasteiger partial charge in [0.25, 0.3) is 0 Å². The van der Waals surface area contributed by atoms with Gasteiger partial charge < -0.3 is 11.5 Å². The highest BCUT2D eigenvalue weighted by Gasteiger charge is 2.54. The molecule has 0 saturated heterocycles. The Morgan fingerprint density at radius 1 is 1.30 bits per heavy atom. The molecule has 3 nitrogen and oxygen atoms in total. The van der Waals surface area contributed by atoms with Crippen molar-refractivity contribution < 1.29 is 4.79 Å². The number of nitrogen functional groups attached to an aromatic ring is 1. The minimum atomic E-state index is -0.369. The summed E-state index contributed by atoms with van der Waals surface area (Å²) in [5.74, 6) is 0.213. The number of carbonyl (C=O) groups excluding carboxylic acids is 1. The fourth-order valence-electron chi connectivity index (χ4n) is 4.81. The molecular weight excluding hydrogens is 248 g/mol. The normalized spacial score (nSPS) is 36.0. The third kappa shape index (κ3) is 1.68. The van der Waals surface area contributed by atoms with Crippen molar-refractivity contribution in [3.05, 3.63) is 29.3 Å². The molecule has 2 aliphatic carbocycles. The Hall–Kier alpha value is -1.51. The molecule has 1 aromatic rings. The van der Waals surface area contributed by atoms with Gasteiger partial charge in [0.1, 0.15) is 0 Å². The molecule has 1 aromatic carbocycles. The van der Waals surface area contributed by atoms with Gasteiger partial charge in [0.15, 0.2) is 0 Å². The summed E-state index contributed by atoms with van der Waals surface area (Å²) in [6, 6.07) is 6.26. The van der Waals surface area contributed by atoms with E-state index in [0.29, 0.717) is 5.92 Å². The van der Waals surface area contributed by atoms with Gasteiger partial charge in [0, 0.05) is 11.1 Å². The van der Waals surface area contributed by atoms with Crippen LogP contribution in [0.15, 0.2) is 18.2 Å². The van der Waals surface area contributed by atoms with E-state index in [1.807, 2.05) is 6.07 Å². The van der Waals surface area contributed by atoms with Gasteiger partial charge in [-0.3, -0.25) is 4.79 Å². The van der Waals surface area contributed by atoms with Crippen molar-refractivity contribution in [2.75, 3.05) is 5.73 Å². The van der Waals surface area contributed by atoms with E-state index in [2.05, 4.69) is 26.0 Å². The van der Waals surface area contributed by atoms with Gasteiger partial charge in [-0.25, -0.2) is 0 Å². The van der Waals surface area contributed by atoms with Crippen LogP contribution < -0.4 is 11.5 Å². The largest absolute Gasteiger partial charge is 0.399 e. The van der Waals surface area contributed by atoms with Gasteiger partial charge in [-0.15, -0.1) is 0 Å². The third-order valence-electron chi connectivity index (χ3n) is 5.94. The average molecular weight is 272 g/mol. The SMILES string of the molecule is CC1(C(N)=O)CCCC2(C)c3ccc(N)cc3CCC12. The van der Waals surface area contributed by atoms with Crippen LogP contribution in [0.4, 0.5) is 5.69 Å². The van der Waals surface area contributed by atoms with Gasteiger partial charge in [0.05, 0.1) is 0 Å². The van der Waals surface area contributed by atoms with Crippen molar-refractivity contribution in [2.24, 2.45) is 17.1 Å². The fourth-order valence-corrected chi connectivity index (χ4v) is 4.81. The zero-order valence-electron chi connectivity index (χ0n) is 12.4. The van der Waals surface area contributed by atoms with E-state index in [9.17, 15) is 4.79 Å². The van der Waals surface area contributed by atoms with Crippen LogP contribution in [-0.2, 0) is 16.6 Å². The molecule has 0 aromatic heterocycles. The first kappa shape index (κ1) is 13.5. The number of benzene rings is 1. The van der Waals surface area contributed by atoms with E-state index in [1.54, 1.807) is 0 Å². The van der Waals surface area contributed by atoms with Gasteiger partial charge in [0.2, 0.25) is 5.91 Å². The molecule has 108 valence electrons. The number of anilines is 1. The second kappa shape index (κ2) is 4.24. The summed E-state index contributed by atoms with van der Waals surface area (Å²) in [5, 5.41) is 0. The van der Waals surface area contributed by atoms with Crippen molar-refractivity contribution in [3.63, 3.8) is 0 Å². The Balaban J connectivity index is 2.12. The van der Waals surface area contributed by atoms with Crippen LogP contribution in [0.3, 0.4) is 0 Å². The van der Waals surface area contributed by atoms with Crippen LogP contribution in [0.1, 0.15) is 50.7 Å². The number of aryl methyl sites for hydroxylation is 1. The fraction of sp³-hybridized carbons (Fsp3) is 0.588. The highest BCUT2D eigenvalue weighted by Crippen LogP contribution is 2.57. The van der Waals surface area contributed by atoms with E-state index in [4.69, 9.17) is 11.5 Å². The Labute approximate surface area is 120 Å². The van der Waals surface area contributed by atoms with Gasteiger partial charge in [-0.05, 0) is 60.3 Å². The highest BCUT2D eigenvalue weighted by atomic mass is 16.1. The summed E-state index contributed by atoms with van der Waals surface area (Å²) in [6.45, 7) is 4.38. The van der Waals surface area contributed by atoms with Crippen LogP contribution in [0, 0.1) is 11.3 Å². The number of rotatable bonds is 1. The topological polar surface area (TPSA) is 69.1 Å². The molecule has 0 bridgehead atoms. The van der Waals surface area contributed by atoms with Crippen LogP contribution in [-0.4, -0.2) is 5.91 Å². The van der Waals surface area contributed by atoms with Crippen molar-refractivity contribution >= 4 is 11.6 Å². The van der Waals surface area contributed by atoms with E-state index >= 15 is 0 Å². The molecule has 0 heterocycles. The molecule has 1 fully saturated rings. The number of fused-ring (bicyclic) bond motifs is 3. The Morgan fingerprint density at radius 3 is 2.75 bits per heavy atom. The third-order valence-corrected chi connectivity index (χ3v) is 5.94. The van der Waals surface area contributed by atoms with E-state index in [-0.39, 0.29) is 16.7 Å². The lowest BCUT2D eigenvalue weighted by Crippen LogP contribution is -2.54. The lowest BCUT2D eigenvalue weighted by atomic mass is 9.49. The second-order valence-corrected chi connectivity index (χ2v) is 7.06. The molecule has 20 heavy (non-hydrogen) atoms. The molecule has 4 N–H and O–H groups in total. The quantitative estimate of drug-likeness (QED) is 0.772. The number of amides is 1. The summed E-state index contributed by atoms with van der Waals surface area (Å²) in [6.07, 6.45) is 5.16. The van der Waals surface area contributed by atoms with Crippen molar-refractivity contribution in [2.45, 2.75) is 51.4 Å². The average Bonchev–Trinajstić information content (AvgIpc) is 2.37. The Kier molecular flexibility index (Phi) is 2.86. The summed E-state index contributed by atoms with van der Waals surface area (Å²) in [5.41, 5.74) is 14.9.